The number of aromatic nitrogens is 1. The highest BCUT2D eigenvalue weighted by Crippen LogP contribution is 2.41. The second-order valence-corrected chi connectivity index (χ2v) is 19.5. The normalized spacial score (nSPS) is 20.5. The molecule has 0 radical (unpaired) electrons. The van der Waals surface area contributed by atoms with Crippen molar-refractivity contribution >= 4 is 39.8 Å². The van der Waals surface area contributed by atoms with Crippen molar-refractivity contribution in [3.63, 3.8) is 0 Å². The number of para-hydroxylation sites is 1. The molecule has 9 nitrogen and oxygen atoms in total. The van der Waals surface area contributed by atoms with E-state index in [4.69, 9.17) is 13.9 Å². The van der Waals surface area contributed by atoms with E-state index in [1.807, 2.05) is 36.4 Å². The van der Waals surface area contributed by atoms with Crippen molar-refractivity contribution in [2.24, 2.45) is 0 Å². The topological polar surface area (TPSA) is 110 Å². The number of hydrogen-bond donors (Lipinski definition) is 2. The van der Waals surface area contributed by atoms with Crippen LogP contribution in [0.25, 0.3) is 10.9 Å². The minimum Gasteiger partial charge on any atom is -0.405 e. The number of hydrogen-bond acceptors (Lipinski definition) is 7. The molecule has 242 valence electrons. The molecule has 11 heteroatoms. The first-order valence-electron chi connectivity index (χ1n) is 15.1. The van der Waals surface area contributed by atoms with Gasteiger partial charge in [0.2, 0.25) is 0 Å². The zero-order valence-electron chi connectivity index (χ0n) is 26.9. The summed E-state index contributed by atoms with van der Waals surface area (Å²) in [5, 5.41) is 26.1. The standard InChI is InChI=1S/C34H44N2O7SSi/c1-33(2,3)45(25-17-10-8-11-18-25,26-19-12-9-13-20-26)41-23-29(37)31-32(43-34(4,5)42-31)30(38)28-22-24-16-14-15-21-27(24)36(28)44(39,40)35(6)7/h8-22,29-32,37-38H,23H2,1-7H3/t29-,30+,31-,32+/m1/s1. The second-order valence-electron chi connectivity index (χ2n) is 13.2. The molecule has 45 heavy (non-hydrogen) atoms. The molecule has 2 N–H and O–H groups in total. The lowest BCUT2D eigenvalue weighted by Crippen LogP contribution is -2.67. The van der Waals surface area contributed by atoms with Crippen molar-refractivity contribution in [1.29, 1.82) is 0 Å². The Balaban J connectivity index is 1.53. The van der Waals surface area contributed by atoms with Crippen molar-refractivity contribution in [1.82, 2.24) is 8.28 Å². The van der Waals surface area contributed by atoms with Gasteiger partial charge in [0.15, 0.2) is 5.79 Å². The Morgan fingerprint density at radius 2 is 1.40 bits per heavy atom. The van der Waals surface area contributed by atoms with Crippen LogP contribution in [0.2, 0.25) is 5.04 Å². The smallest absolute Gasteiger partial charge is 0.307 e. The summed E-state index contributed by atoms with van der Waals surface area (Å²) in [5.41, 5.74) is 0.534. The molecular weight excluding hydrogens is 609 g/mol. The van der Waals surface area contributed by atoms with Gasteiger partial charge in [-0.3, -0.25) is 0 Å². The van der Waals surface area contributed by atoms with Crippen LogP contribution in [0.4, 0.5) is 0 Å². The third-order valence-corrected chi connectivity index (χ3v) is 15.2. The van der Waals surface area contributed by atoms with Gasteiger partial charge in [-0.1, -0.05) is 99.6 Å². The van der Waals surface area contributed by atoms with Crippen LogP contribution in [0.1, 0.15) is 46.4 Å². The van der Waals surface area contributed by atoms with Gasteiger partial charge in [0, 0.05) is 19.5 Å². The summed E-state index contributed by atoms with van der Waals surface area (Å²) >= 11 is 0. The molecule has 3 aromatic carbocycles. The summed E-state index contributed by atoms with van der Waals surface area (Å²) in [6.45, 7) is 9.77. The fraction of sp³-hybridized carbons (Fsp3) is 0.412. The minimum absolute atomic E-state index is 0.0976. The van der Waals surface area contributed by atoms with E-state index in [2.05, 4.69) is 45.0 Å². The number of benzene rings is 3. The largest absolute Gasteiger partial charge is 0.405 e. The molecule has 1 saturated heterocycles. The summed E-state index contributed by atoms with van der Waals surface area (Å²) in [6, 6.07) is 28.9. The maximum Gasteiger partial charge on any atom is 0.307 e. The highest BCUT2D eigenvalue weighted by atomic mass is 32.2. The molecule has 0 saturated carbocycles. The predicted molar refractivity (Wildman–Crippen MR) is 178 cm³/mol. The van der Waals surface area contributed by atoms with Crippen LogP contribution in [-0.4, -0.2) is 80.0 Å². The fourth-order valence-electron chi connectivity index (χ4n) is 6.37. The van der Waals surface area contributed by atoms with Crippen molar-refractivity contribution in [2.45, 2.75) is 69.9 Å². The molecule has 0 bridgehead atoms. The van der Waals surface area contributed by atoms with Gasteiger partial charge in [0.1, 0.15) is 24.4 Å². The maximum atomic E-state index is 13.5. The highest BCUT2D eigenvalue weighted by Gasteiger charge is 2.53. The van der Waals surface area contributed by atoms with Crippen LogP contribution in [0.3, 0.4) is 0 Å². The lowest BCUT2D eigenvalue weighted by atomic mass is 10.0. The monoisotopic (exact) mass is 652 g/mol. The van der Waals surface area contributed by atoms with Gasteiger partial charge in [-0.15, -0.1) is 0 Å². The van der Waals surface area contributed by atoms with E-state index in [1.54, 1.807) is 44.2 Å². The van der Waals surface area contributed by atoms with Gasteiger partial charge in [-0.2, -0.15) is 12.7 Å². The number of rotatable bonds is 10. The molecule has 1 aliphatic rings. The SMILES string of the molecule is CN(C)S(=O)(=O)n1c([C@H](O)[C@@H]2OC(C)(C)O[C@@H]2[C@H](O)CO[Si](c2ccccc2)(c2ccccc2)C(C)(C)C)cc2ccccc21. The van der Waals surface area contributed by atoms with E-state index in [1.165, 1.54) is 14.1 Å². The number of nitrogens with zero attached hydrogens (tertiary/aromatic N) is 2. The van der Waals surface area contributed by atoms with Crippen LogP contribution in [-0.2, 0) is 24.1 Å². The Labute approximate surface area is 267 Å². The molecule has 4 atom stereocenters. The molecule has 1 fully saturated rings. The number of aliphatic hydroxyl groups excluding tert-OH is 2. The maximum absolute atomic E-state index is 13.5. The van der Waals surface area contributed by atoms with E-state index in [0.29, 0.717) is 10.9 Å². The Hall–Kier alpha value is -2.87. The summed E-state index contributed by atoms with van der Waals surface area (Å²) in [7, 11) is -4.14. The molecular formula is C34H44N2O7SSi. The minimum atomic E-state index is -4.03. The van der Waals surface area contributed by atoms with Gasteiger partial charge in [-0.05, 0) is 41.4 Å². The molecule has 0 amide bonds. The van der Waals surface area contributed by atoms with Gasteiger partial charge in [0.25, 0.3) is 8.32 Å². The van der Waals surface area contributed by atoms with Crippen molar-refractivity contribution in [3.05, 3.63) is 96.7 Å². The van der Waals surface area contributed by atoms with Crippen molar-refractivity contribution in [3.8, 4) is 0 Å². The molecule has 0 aliphatic carbocycles. The summed E-state index contributed by atoms with van der Waals surface area (Å²) in [6.07, 6.45) is -4.79. The quantitative estimate of drug-likeness (QED) is 0.251. The second kappa shape index (κ2) is 12.4. The van der Waals surface area contributed by atoms with Gasteiger partial charge >= 0.3 is 10.2 Å². The molecule has 0 unspecified atom stereocenters. The Bertz CT molecular complexity index is 1680. The first-order chi connectivity index (χ1) is 21.1. The summed E-state index contributed by atoms with van der Waals surface area (Å²) < 4.78 is 48.6. The molecule has 1 aliphatic heterocycles. The first-order valence-corrected chi connectivity index (χ1v) is 18.4. The molecule has 4 aromatic rings. The third kappa shape index (κ3) is 6.16. The van der Waals surface area contributed by atoms with E-state index in [-0.39, 0.29) is 17.3 Å². The van der Waals surface area contributed by atoms with Crippen molar-refractivity contribution < 1.29 is 32.5 Å². The number of fused-ring (bicyclic) bond motifs is 1. The average Bonchev–Trinajstić information content (AvgIpc) is 3.55. The third-order valence-electron chi connectivity index (χ3n) is 8.43. The lowest BCUT2D eigenvalue weighted by Gasteiger charge is -2.43. The zero-order valence-corrected chi connectivity index (χ0v) is 28.7. The summed E-state index contributed by atoms with van der Waals surface area (Å²) in [5.74, 6) is -1.16. The summed E-state index contributed by atoms with van der Waals surface area (Å²) in [4.78, 5) is 0. The van der Waals surface area contributed by atoms with Crippen LogP contribution in [0, 0.1) is 0 Å². The van der Waals surface area contributed by atoms with E-state index >= 15 is 0 Å². The van der Waals surface area contributed by atoms with Crippen LogP contribution in [0.5, 0.6) is 0 Å². The van der Waals surface area contributed by atoms with E-state index in [0.717, 1.165) is 18.7 Å². The van der Waals surface area contributed by atoms with Crippen LogP contribution < -0.4 is 10.4 Å². The first kappa shape index (κ1) is 33.5. The highest BCUT2D eigenvalue weighted by molar-refractivity contribution is 7.87. The predicted octanol–water partition coefficient (Wildman–Crippen LogP) is 3.79. The van der Waals surface area contributed by atoms with Crippen LogP contribution >= 0.6 is 0 Å². The van der Waals surface area contributed by atoms with Gasteiger partial charge < -0.3 is 24.1 Å². The zero-order chi connectivity index (χ0) is 32.8. The molecule has 1 aromatic heterocycles. The molecule has 2 heterocycles. The van der Waals surface area contributed by atoms with Gasteiger partial charge in [0.05, 0.1) is 17.8 Å². The van der Waals surface area contributed by atoms with E-state index < -0.39 is 48.7 Å². The Morgan fingerprint density at radius 1 is 0.889 bits per heavy atom. The van der Waals surface area contributed by atoms with Crippen molar-refractivity contribution in [2.75, 3.05) is 20.7 Å². The van der Waals surface area contributed by atoms with E-state index in [9.17, 15) is 18.6 Å². The number of ether oxygens (including phenoxy) is 2. The van der Waals surface area contributed by atoms with Crippen LogP contribution in [0.15, 0.2) is 91.0 Å². The molecule has 0 spiro atoms. The molecule has 5 rings (SSSR count). The average molecular weight is 653 g/mol. The Kier molecular flexibility index (Phi) is 9.22. The van der Waals surface area contributed by atoms with Gasteiger partial charge in [-0.25, -0.2) is 3.97 Å². The number of aliphatic hydroxyl groups is 2. The lowest BCUT2D eigenvalue weighted by molar-refractivity contribution is -0.162. The fourth-order valence-corrected chi connectivity index (χ4v) is 12.1. The Morgan fingerprint density at radius 3 is 1.93 bits per heavy atom.